The third-order valence-electron chi connectivity index (χ3n) is 4.72. The minimum absolute atomic E-state index is 0. The zero-order chi connectivity index (χ0) is 21.5. The summed E-state index contributed by atoms with van der Waals surface area (Å²) in [5.74, 6) is 0. The molecule has 4 rings (SSSR count). The Bertz CT molecular complexity index is 867. The van der Waals surface area contributed by atoms with Gasteiger partial charge in [-0.25, -0.2) is 0 Å². The van der Waals surface area contributed by atoms with Crippen LogP contribution in [0.5, 0.6) is 0 Å². The molecule has 32 heavy (non-hydrogen) atoms. The number of rotatable bonds is 4. The summed E-state index contributed by atoms with van der Waals surface area (Å²) < 4.78 is 0. The van der Waals surface area contributed by atoms with Gasteiger partial charge in [-0.15, -0.1) is 0 Å². The smallest absolute Gasteiger partial charge is 0.854 e. The molecule has 0 saturated carbocycles. The molecule has 0 aliphatic heterocycles. The Hall–Kier alpha value is -0.332. The van der Waals surface area contributed by atoms with Gasteiger partial charge in [0.2, 0.25) is 0 Å². The maximum atomic E-state index is 12.6. The Morgan fingerprint density at radius 1 is 0.375 bits per heavy atom. The van der Waals surface area contributed by atoms with Crippen LogP contribution in [0.3, 0.4) is 0 Å². The molecule has 0 aromatic heterocycles. The second kappa shape index (κ2) is 14.2. The summed E-state index contributed by atoms with van der Waals surface area (Å²) in [5, 5.41) is 3.42. The summed E-state index contributed by atoms with van der Waals surface area (Å²) in [5.41, 5.74) is 0. The average molecular weight is 499 g/mol. The van der Waals surface area contributed by atoms with Crippen LogP contribution in [0, 0.1) is 0 Å². The Morgan fingerprint density at radius 2 is 0.531 bits per heavy atom. The van der Waals surface area contributed by atoms with Crippen LogP contribution in [0.1, 0.15) is 0 Å². The Morgan fingerprint density at radius 3 is 0.688 bits per heavy atom. The quantitative estimate of drug-likeness (QED) is 0.263. The molecule has 0 spiro atoms. The average Bonchev–Trinajstić information content (AvgIpc) is 2.82. The van der Waals surface area contributed by atoms with Crippen LogP contribution in [0.25, 0.3) is 0 Å². The third-order valence-corrected chi connectivity index (χ3v) is 12.8. The first-order valence-electron chi connectivity index (χ1n) is 9.55. The molecule has 0 aliphatic carbocycles. The van der Waals surface area contributed by atoms with Crippen LogP contribution < -0.4 is 89.5 Å². The monoisotopic (exact) mass is 498 g/mol. The first-order chi connectivity index (χ1) is 14.4. The van der Waals surface area contributed by atoms with E-state index in [0.29, 0.717) is 0 Å². The van der Waals surface area contributed by atoms with Crippen molar-refractivity contribution in [3.8, 4) is 0 Å². The molecule has 0 fully saturated rings. The maximum absolute atomic E-state index is 12.6. The minimum Gasteiger partial charge on any atom is -0.854 e. The van der Waals surface area contributed by atoms with Gasteiger partial charge < -0.3 is 9.59 Å². The van der Waals surface area contributed by atoms with E-state index in [1.54, 1.807) is 0 Å². The van der Waals surface area contributed by atoms with Crippen LogP contribution in [0.15, 0.2) is 121 Å². The third kappa shape index (κ3) is 7.87. The number of hydrogen-bond donors (Lipinski definition) is 0. The molecule has 2 nitrogen and oxygen atoms in total. The van der Waals surface area contributed by atoms with Crippen molar-refractivity contribution in [1.82, 2.24) is 0 Å². The molecule has 0 unspecified atom stereocenters. The van der Waals surface area contributed by atoms with Gasteiger partial charge in [0.1, 0.15) is 0 Å². The van der Waals surface area contributed by atoms with Crippen LogP contribution in [-0.4, -0.2) is 35.2 Å². The Labute approximate surface area is 243 Å². The van der Waals surface area contributed by atoms with Crippen molar-refractivity contribution >= 4 is 55.9 Å². The van der Waals surface area contributed by atoms with Gasteiger partial charge in [0.05, 0.1) is 0 Å². The predicted molar refractivity (Wildman–Crippen MR) is 127 cm³/mol. The van der Waals surface area contributed by atoms with Crippen LogP contribution >= 0.6 is 0 Å². The zero-order valence-corrected chi connectivity index (χ0v) is 26.4. The molecule has 0 amide bonds. The van der Waals surface area contributed by atoms with E-state index in [-0.39, 0.29) is 59.1 Å². The first-order valence-corrected chi connectivity index (χ1v) is 16.4. The molecule has 0 aliphatic rings. The summed E-state index contributed by atoms with van der Waals surface area (Å²) in [6, 6.07) is 38.0. The molecular weight excluding hydrogens is 479 g/mol. The Kier molecular flexibility index (Phi) is 13.1. The molecule has 8 heteroatoms. The van der Waals surface area contributed by atoms with E-state index in [9.17, 15) is 9.59 Å². The van der Waals surface area contributed by atoms with Crippen molar-refractivity contribution < 1.29 is 68.7 Å². The number of hydrogen-bond acceptors (Lipinski definition) is 2. The molecule has 0 saturated heterocycles. The second-order valence-corrected chi connectivity index (χ2v) is 16.1. The van der Waals surface area contributed by atoms with E-state index in [1.165, 1.54) is 0 Å². The van der Waals surface area contributed by atoms with Crippen molar-refractivity contribution in [2.24, 2.45) is 0 Å². The molecule has 146 valence electrons. The van der Waals surface area contributed by atoms with Crippen molar-refractivity contribution in [1.29, 1.82) is 0 Å². The first kappa shape index (κ1) is 29.7. The second-order valence-electron chi connectivity index (χ2n) is 6.83. The predicted octanol–water partition coefficient (Wildman–Crippen LogP) is -6.45. The zero-order valence-electron chi connectivity index (χ0n) is 18.4. The van der Waals surface area contributed by atoms with E-state index >= 15 is 0 Å². The fourth-order valence-corrected chi connectivity index (χ4v) is 8.34. The summed E-state index contributed by atoms with van der Waals surface area (Å²) in [4.78, 5) is 25.1. The van der Waals surface area contributed by atoms with E-state index in [2.05, 4.69) is 19.5 Å². The van der Waals surface area contributed by atoms with Crippen molar-refractivity contribution in [3.05, 3.63) is 121 Å². The van der Waals surface area contributed by atoms with Gasteiger partial charge in [-0.2, -0.15) is 0 Å². The van der Waals surface area contributed by atoms with Gasteiger partial charge >= 0.3 is 59.1 Å². The topological polar surface area (TPSA) is 46.1 Å². The van der Waals surface area contributed by atoms with Gasteiger partial charge in [-0.3, -0.25) is 0 Å². The van der Waals surface area contributed by atoms with Gasteiger partial charge in [-0.05, 0) is 0 Å². The summed E-state index contributed by atoms with van der Waals surface area (Å²) >= 11 is 0. The summed E-state index contributed by atoms with van der Waals surface area (Å²) in [6.45, 7) is 0. The molecule has 6 radical (unpaired) electrons. The normalized spacial score (nSPS) is 10.6. The molecule has 0 atom stereocenters. The molecule has 0 heterocycles. The van der Waals surface area contributed by atoms with Gasteiger partial charge in [0.25, 0.3) is 0 Å². The van der Waals surface area contributed by atoms with E-state index in [1.807, 2.05) is 121 Å². The SMILES string of the molecule is [Na+].[Na+].[O-][Si]([Si])(c1ccccc1)c1ccccc1.[O-][Si]([Si])(c1ccccc1)c1ccccc1. The molecule has 4 aromatic carbocycles. The largest absolute Gasteiger partial charge is 1.00 e. The van der Waals surface area contributed by atoms with Gasteiger partial charge in [0, 0.05) is 35.2 Å². The molecule has 0 N–H and O–H groups in total. The van der Waals surface area contributed by atoms with Gasteiger partial charge in [-0.1, -0.05) is 142 Å². The fraction of sp³-hybridized carbons (Fsp3) is 0. The van der Waals surface area contributed by atoms with Crippen LogP contribution in [-0.2, 0) is 0 Å². The number of benzene rings is 4. The van der Waals surface area contributed by atoms with Crippen molar-refractivity contribution in [2.75, 3.05) is 0 Å². The van der Waals surface area contributed by atoms with E-state index in [0.717, 1.165) is 20.7 Å². The fourth-order valence-electron chi connectivity index (χ4n) is 3.02. The minimum atomic E-state index is -2.90. The van der Waals surface area contributed by atoms with Crippen LogP contribution in [0.4, 0.5) is 0 Å². The molecular formula is C24H20Na2O2Si4. The van der Waals surface area contributed by atoms with Gasteiger partial charge in [0.15, 0.2) is 0 Å². The summed E-state index contributed by atoms with van der Waals surface area (Å²) in [6.07, 6.45) is 0. The molecule has 0 bridgehead atoms. The van der Waals surface area contributed by atoms with E-state index in [4.69, 9.17) is 0 Å². The van der Waals surface area contributed by atoms with Crippen molar-refractivity contribution in [2.45, 2.75) is 0 Å². The van der Waals surface area contributed by atoms with E-state index < -0.39 is 15.7 Å². The van der Waals surface area contributed by atoms with Crippen LogP contribution in [0.2, 0.25) is 0 Å². The van der Waals surface area contributed by atoms with Crippen molar-refractivity contribution in [3.63, 3.8) is 0 Å². The molecule has 4 aromatic rings. The Balaban J connectivity index is 0.000000301. The standard InChI is InChI=1S/2C12H10OSi2.2Na/c2*13-15(14,11-7-3-1-4-8-11)12-9-5-2-6-10-12;;/h2*1-10H;;/q2*-1;2*+1. The summed E-state index contributed by atoms with van der Waals surface area (Å²) in [7, 11) is 1.08. The maximum Gasteiger partial charge on any atom is 1.00 e.